The van der Waals surface area contributed by atoms with Crippen molar-refractivity contribution >= 4 is 11.4 Å². The zero-order valence-electron chi connectivity index (χ0n) is 10.7. The van der Waals surface area contributed by atoms with Crippen LogP contribution in [0.3, 0.4) is 0 Å². The summed E-state index contributed by atoms with van der Waals surface area (Å²) in [5.41, 5.74) is 12.1. The van der Waals surface area contributed by atoms with Gasteiger partial charge in [-0.25, -0.2) is 0 Å². The van der Waals surface area contributed by atoms with Crippen LogP contribution in [0.15, 0.2) is 42.5 Å². The monoisotopic (exact) mass is 238 g/mol. The van der Waals surface area contributed by atoms with Crippen LogP contribution in [0.1, 0.15) is 16.7 Å². The topological polar surface area (TPSA) is 29.3 Å². The average molecular weight is 238 g/mol. The van der Waals surface area contributed by atoms with Crippen molar-refractivity contribution in [1.29, 1.82) is 0 Å². The summed E-state index contributed by atoms with van der Waals surface area (Å²) in [7, 11) is 0. The summed E-state index contributed by atoms with van der Waals surface area (Å²) in [5.74, 6) is 0. The van der Waals surface area contributed by atoms with Gasteiger partial charge < -0.3 is 10.6 Å². The van der Waals surface area contributed by atoms with Crippen LogP contribution in [0.5, 0.6) is 0 Å². The maximum absolute atomic E-state index is 5.80. The van der Waals surface area contributed by atoms with Crippen molar-refractivity contribution in [1.82, 2.24) is 0 Å². The van der Waals surface area contributed by atoms with Gasteiger partial charge in [0.25, 0.3) is 0 Å². The van der Waals surface area contributed by atoms with Gasteiger partial charge >= 0.3 is 0 Å². The molecule has 3 rings (SSSR count). The number of para-hydroxylation sites is 1. The molecule has 0 radical (unpaired) electrons. The minimum Gasteiger partial charge on any atom is -0.399 e. The van der Waals surface area contributed by atoms with Crippen molar-refractivity contribution in [2.24, 2.45) is 0 Å². The van der Waals surface area contributed by atoms with Crippen molar-refractivity contribution in [2.75, 3.05) is 17.2 Å². The standard InChI is InChI=1S/C16H18N2/c1-12-10-15(17)7-6-14(12)11-18-9-8-13-4-2-3-5-16(13)18/h2-7,10H,8-9,11,17H2,1H3. The minimum absolute atomic E-state index is 0.845. The lowest BCUT2D eigenvalue weighted by Crippen LogP contribution is -2.20. The number of hydrogen-bond acceptors (Lipinski definition) is 2. The second kappa shape index (κ2) is 4.37. The van der Waals surface area contributed by atoms with E-state index in [0.29, 0.717) is 0 Å². The molecule has 1 heterocycles. The molecule has 0 atom stereocenters. The van der Waals surface area contributed by atoms with E-state index in [1.165, 1.54) is 22.4 Å². The Morgan fingerprint density at radius 2 is 2.00 bits per heavy atom. The summed E-state index contributed by atoms with van der Waals surface area (Å²) < 4.78 is 0. The summed E-state index contributed by atoms with van der Waals surface area (Å²) in [6.07, 6.45) is 1.16. The highest BCUT2D eigenvalue weighted by atomic mass is 15.1. The Labute approximate surface area is 108 Å². The van der Waals surface area contributed by atoms with Crippen molar-refractivity contribution in [3.8, 4) is 0 Å². The van der Waals surface area contributed by atoms with Crippen LogP contribution in [0.4, 0.5) is 11.4 Å². The number of aryl methyl sites for hydroxylation is 1. The zero-order chi connectivity index (χ0) is 12.5. The molecule has 0 spiro atoms. The number of anilines is 2. The molecule has 0 saturated heterocycles. The predicted molar refractivity (Wildman–Crippen MR) is 76.8 cm³/mol. The fourth-order valence-electron chi connectivity index (χ4n) is 2.67. The van der Waals surface area contributed by atoms with Crippen molar-refractivity contribution in [2.45, 2.75) is 19.9 Å². The van der Waals surface area contributed by atoms with E-state index in [1.54, 1.807) is 0 Å². The van der Waals surface area contributed by atoms with Gasteiger partial charge in [-0.2, -0.15) is 0 Å². The molecular weight excluding hydrogens is 220 g/mol. The van der Waals surface area contributed by atoms with E-state index in [2.05, 4.69) is 48.2 Å². The van der Waals surface area contributed by atoms with Crippen molar-refractivity contribution in [3.63, 3.8) is 0 Å². The van der Waals surface area contributed by atoms with E-state index in [0.717, 1.165) is 25.2 Å². The first-order valence-electron chi connectivity index (χ1n) is 6.42. The van der Waals surface area contributed by atoms with Gasteiger partial charge in [0.1, 0.15) is 0 Å². The highest BCUT2D eigenvalue weighted by molar-refractivity contribution is 5.58. The Morgan fingerprint density at radius 3 is 2.83 bits per heavy atom. The molecule has 2 heteroatoms. The Hall–Kier alpha value is -1.96. The molecule has 1 aliphatic rings. The van der Waals surface area contributed by atoms with E-state index in [1.807, 2.05) is 6.07 Å². The van der Waals surface area contributed by atoms with Gasteiger partial charge in [0.2, 0.25) is 0 Å². The minimum atomic E-state index is 0.845. The van der Waals surface area contributed by atoms with Crippen LogP contribution < -0.4 is 10.6 Å². The van der Waals surface area contributed by atoms with Gasteiger partial charge in [-0.05, 0) is 48.2 Å². The van der Waals surface area contributed by atoms with Crippen LogP contribution in [-0.4, -0.2) is 6.54 Å². The Bertz CT molecular complexity index is 575. The molecule has 0 bridgehead atoms. The molecule has 0 amide bonds. The second-order valence-electron chi connectivity index (χ2n) is 4.99. The Kier molecular flexibility index (Phi) is 2.71. The molecule has 0 unspecified atom stereocenters. The third-order valence-corrected chi connectivity index (χ3v) is 3.71. The fraction of sp³-hybridized carbons (Fsp3) is 0.250. The SMILES string of the molecule is Cc1cc(N)ccc1CN1CCc2ccccc21. The van der Waals surface area contributed by atoms with Crippen LogP contribution in [0, 0.1) is 6.92 Å². The molecule has 92 valence electrons. The molecule has 0 fully saturated rings. The van der Waals surface area contributed by atoms with Crippen LogP contribution in [0.25, 0.3) is 0 Å². The van der Waals surface area contributed by atoms with E-state index in [-0.39, 0.29) is 0 Å². The lowest BCUT2D eigenvalue weighted by Gasteiger charge is -2.20. The molecule has 2 aromatic carbocycles. The molecule has 0 aliphatic carbocycles. The van der Waals surface area contributed by atoms with Crippen molar-refractivity contribution in [3.05, 3.63) is 59.2 Å². The molecule has 1 aliphatic heterocycles. The van der Waals surface area contributed by atoms with Gasteiger partial charge in [0.05, 0.1) is 0 Å². The molecular formula is C16H18N2. The smallest absolute Gasteiger partial charge is 0.0432 e. The first-order chi connectivity index (χ1) is 8.74. The third-order valence-electron chi connectivity index (χ3n) is 3.71. The van der Waals surface area contributed by atoms with Gasteiger partial charge in [0.15, 0.2) is 0 Å². The van der Waals surface area contributed by atoms with Gasteiger partial charge in [0, 0.05) is 24.5 Å². The lowest BCUT2D eigenvalue weighted by molar-refractivity contribution is 0.832. The highest BCUT2D eigenvalue weighted by Gasteiger charge is 2.18. The number of hydrogen-bond donors (Lipinski definition) is 1. The van der Waals surface area contributed by atoms with Gasteiger partial charge in [-0.1, -0.05) is 24.3 Å². The number of fused-ring (bicyclic) bond motifs is 1. The lowest BCUT2D eigenvalue weighted by atomic mass is 10.1. The van der Waals surface area contributed by atoms with Gasteiger partial charge in [-0.3, -0.25) is 0 Å². The molecule has 18 heavy (non-hydrogen) atoms. The predicted octanol–water partition coefficient (Wildman–Crippen LogP) is 3.14. The fourth-order valence-corrected chi connectivity index (χ4v) is 2.67. The van der Waals surface area contributed by atoms with Crippen LogP contribution in [0.2, 0.25) is 0 Å². The largest absolute Gasteiger partial charge is 0.399 e. The van der Waals surface area contributed by atoms with E-state index in [9.17, 15) is 0 Å². The van der Waals surface area contributed by atoms with Crippen LogP contribution in [-0.2, 0) is 13.0 Å². The maximum atomic E-state index is 5.80. The van der Waals surface area contributed by atoms with Gasteiger partial charge in [-0.15, -0.1) is 0 Å². The number of benzene rings is 2. The molecule has 0 aromatic heterocycles. The number of nitrogens with two attached hydrogens (primary N) is 1. The zero-order valence-corrected chi connectivity index (χ0v) is 10.7. The first kappa shape index (κ1) is 11.1. The third kappa shape index (κ3) is 1.94. The molecule has 2 N–H and O–H groups in total. The first-order valence-corrected chi connectivity index (χ1v) is 6.42. The Balaban J connectivity index is 1.86. The number of nitrogens with zero attached hydrogens (tertiary/aromatic N) is 1. The van der Waals surface area contributed by atoms with Crippen molar-refractivity contribution < 1.29 is 0 Å². The molecule has 2 nitrogen and oxygen atoms in total. The van der Waals surface area contributed by atoms with E-state index < -0.39 is 0 Å². The average Bonchev–Trinajstić information content (AvgIpc) is 2.76. The summed E-state index contributed by atoms with van der Waals surface area (Å²) in [6, 6.07) is 14.9. The normalized spacial score (nSPS) is 13.7. The quantitative estimate of drug-likeness (QED) is 0.814. The Morgan fingerprint density at radius 1 is 1.17 bits per heavy atom. The summed E-state index contributed by atoms with van der Waals surface area (Å²) in [6.45, 7) is 4.22. The summed E-state index contributed by atoms with van der Waals surface area (Å²) in [5, 5.41) is 0. The second-order valence-corrected chi connectivity index (χ2v) is 4.99. The maximum Gasteiger partial charge on any atom is 0.0432 e. The summed E-state index contributed by atoms with van der Waals surface area (Å²) in [4.78, 5) is 2.45. The van der Waals surface area contributed by atoms with Crippen LogP contribution >= 0.6 is 0 Å². The summed E-state index contributed by atoms with van der Waals surface area (Å²) >= 11 is 0. The van der Waals surface area contributed by atoms with E-state index >= 15 is 0 Å². The molecule has 0 saturated carbocycles. The number of nitrogen functional groups attached to an aromatic ring is 1. The molecule has 2 aromatic rings. The van der Waals surface area contributed by atoms with E-state index in [4.69, 9.17) is 5.73 Å². The number of rotatable bonds is 2. The highest BCUT2D eigenvalue weighted by Crippen LogP contribution is 2.29.